The zero-order chi connectivity index (χ0) is 15.0. The van der Waals surface area contributed by atoms with E-state index in [9.17, 15) is 9.18 Å². The Balaban J connectivity index is 2.31. The molecule has 2 heterocycles. The second-order valence-corrected chi connectivity index (χ2v) is 4.55. The zero-order valence-corrected chi connectivity index (χ0v) is 11.5. The molecule has 5 nitrogen and oxygen atoms in total. The smallest absolute Gasteiger partial charge is 0.338 e. The maximum Gasteiger partial charge on any atom is 0.338 e. The highest BCUT2D eigenvalue weighted by Gasteiger charge is 2.17. The summed E-state index contributed by atoms with van der Waals surface area (Å²) in [5.41, 5.74) is 1.69. The number of carbonyl (C=O) groups excluding carboxylic acids is 1. The molecule has 0 radical (unpaired) electrons. The van der Waals surface area contributed by atoms with Crippen LogP contribution >= 0.6 is 0 Å². The summed E-state index contributed by atoms with van der Waals surface area (Å²) in [6, 6.07) is 7.89. The topological polar surface area (TPSA) is 57.0 Å². The van der Waals surface area contributed by atoms with Gasteiger partial charge in [0.05, 0.1) is 24.3 Å². The number of rotatable bonds is 2. The molecule has 0 fully saturated rings. The minimum atomic E-state index is -0.474. The molecule has 0 spiro atoms. The van der Waals surface area contributed by atoms with Gasteiger partial charge < -0.3 is 4.74 Å². The summed E-state index contributed by atoms with van der Waals surface area (Å²) in [5.74, 6) is -0.885. The Morgan fingerprint density at radius 3 is 2.81 bits per heavy atom. The predicted octanol–water partition coefficient (Wildman–Crippen LogP) is 2.65. The van der Waals surface area contributed by atoms with E-state index in [-0.39, 0.29) is 5.69 Å². The first kappa shape index (κ1) is 13.2. The van der Waals surface area contributed by atoms with Gasteiger partial charge in [-0.05, 0) is 25.1 Å². The number of para-hydroxylation sites is 1. The van der Waals surface area contributed by atoms with E-state index in [1.165, 1.54) is 24.1 Å². The quantitative estimate of drug-likeness (QED) is 0.679. The van der Waals surface area contributed by atoms with E-state index in [1.807, 2.05) is 0 Å². The van der Waals surface area contributed by atoms with Crippen molar-refractivity contribution in [3.8, 4) is 5.69 Å². The minimum absolute atomic E-state index is 0.279. The van der Waals surface area contributed by atoms with Crippen LogP contribution in [0, 0.1) is 12.7 Å². The van der Waals surface area contributed by atoms with Gasteiger partial charge in [0.15, 0.2) is 5.65 Å². The average Bonchev–Trinajstić information content (AvgIpc) is 2.89. The number of hydrogen-bond acceptors (Lipinski definition) is 4. The molecule has 0 aliphatic carbocycles. The summed E-state index contributed by atoms with van der Waals surface area (Å²) in [4.78, 5) is 16.2. The number of methoxy groups -OCH3 is 1. The molecule has 0 aliphatic heterocycles. The maximum absolute atomic E-state index is 13.9. The first-order valence-corrected chi connectivity index (χ1v) is 6.30. The number of esters is 1. The monoisotopic (exact) mass is 285 g/mol. The number of aryl methyl sites for hydroxylation is 1. The lowest BCUT2D eigenvalue weighted by Gasteiger charge is -2.06. The maximum atomic E-state index is 13.9. The van der Waals surface area contributed by atoms with Crippen LogP contribution in [0.1, 0.15) is 16.1 Å². The van der Waals surface area contributed by atoms with Crippen molar-refractivity contribution in [2.75, 3.05) is 7.11 Å². The van der Waals surface area contributed by atoms with Gasteiger partial charge in [-0.1, -0.05) is 12.1 Å². The Bertz CT molecular complexity index is 842. The fraction of sp³-hybridized carbons (Fsp3) is 0.133. The highest BCUT2D eigenvalue weighted by atomic mass is 19.1. The molecule has 0 aliphatic rings. The molecule has 3 aromatic rings. The molecule has 3 rings (SSSR count). The highest BCUT2D eigenvalue weighted by Crippen LogP contribution is 2.23. The van der Waals surface area contributed by atoms with Gasteiger partial charge in [0.25, 0.3) is 0 Å². The third kappa shape index (κ3) is 2.14. The molecule has 6 heteroatoms. The van der Waals surface area contributed by atoms with Crippen molar-refractivity contribution in [3.05, 3.63) is 53.6 Å². The highest BCUT2D eigenvalue weighted by molar-refractivity contribution is 6.02. The summed E-state index contributed by atoms with van der Waals surface area (Å²) in [5, 5.41) is 4.68. The Labute approximate surface area is 120 Å². The number of hydrogen-bond donors (Lipinski definition) is 0. The number of pyridine rings is 1. The lowest BCUT2D eigenvalue weighted by atomic mass is 10.1. The number of benzene rings is 1. The van der Waals surface area contributed by atoms with Crippen LogP contribution in [-0.4, -0.2) is 27.8 Å². The second-order valence-electron chi connectivity index (χ2n) is 4.55. The van der Waals surface area contributed by atoms with Gasteiger partial charge in [0.2, 0.25) is 0 Å². The summed E-state index contributed by atoms with van der Waals surface area (Å²) < 4.78 is 20.1. The minimum Gasteiger partial charge on any atom is -0.465 e. The largest absolute Gasteiger partial charge is 0.465 e. The Morgan fingerprint density at radius 1 is 1.33 bits per heavy atom. The third-order valence-corrected chi connectivity index (χ3v) is 3.16. The van der Waals surface area contributed by atoms with Gasteiger partial charge in [-0.3, -0.25) is 0 Å². The van der Waals surface area contributed by atoms with E-state index in [0.29, 0.717) is 22.3 Å². The van der Waals surface area contributed by atoms with Crippen molar-refractivity contribution in [2.45, 2.75) is 6.92 Å². The van der Waals surface area contributed by atoms with Crippen LogP contribution in [0.25, 0.3) is 16.7 Å². The van der Waals surface area contributed by atoms with Gasteiger partial charge in [-0.15, -0.1) is 0 Å². The molecule has 0 N–H and O–H groups in total. The SMILES string of the molecule is COC(=O)c1cc(C)nc2c1cnn2-c1ccccc1F. The number of halogens is 1. The number of carbonyl (C=O) groups is 1. The molecule has 106 valence electrons. The van der Waals surface area contributed by atoms with Crippen LogP contribution in [0.5, 0.6) is 0 Å². The van der Waals surface area contributed by atoms with E-state index >= 15 is 0 Å². The number of ether oxygens (including phenoxy) is 1. The average molecular weight is 285 g/mol. The molecule has 0 atom stereocenters. The normalized spacial score (nSPS) is 10.8. The fourth-order valence-corrected chi connectivity index (χ4v) is 2.20. The van der Waals surface area contributed by atoms with Crippen LogP contribution < -0.4 is 0 Å². The van der Waals surface area contributed by atoms with Gasteiger partial charge in [0.1, 0.15) is 11.5 Å². The molecule has 0 amide bonds. The van der Waals surface area contributed by atoms with Crippen molar-refractivity contribution in [1.82, 2.24) is 14.8 Å². The lowest BCUT2D eigenvalue weighted by Crippen LogP contribution is -2.05. The molecular formula is C15H12FN3O2. The molecule has 21 heavy (non-hydrogen) atoms. The van der Waals surface area contributed by atoms with Gasteiger partial charge in [-0.2, -0.15) is 5.10 Å². The Morgan fingerprint density at radius 2 is 2.10 bits per heavy atom. The van der Waals surface area contributed by atoms with Crippen LogP contribution in [0.15, 0.2) is 36.5 Å². The van der Waals surface area contributed by atoms with Crippen LogP contribution in [0.2, 0.25) is 0 Å². The summed E-state index contributed by atoms with van der Waals surface area (Å²) in [6.07, 6.45) is 1.49. The van der Waals surface area contributed by atoms with Crippen LogP contribution in [0.3, 0.4) is 0 Å². The molecule has 0 bridgehead atoms. The molecule has 0 unspecified atom stereocenters. The summed E-state index contributed by atoms with van der Waals surface area (Å²) in [6.45, 7) is 1.75. The first-order valence-electron chi connectivity index (χ1n) is 6.30. The molecule has 1 aromatic carbocycles. The third-order valence-electron chi connectivity index (χ3n) is 3.16. The fourth-order valence-electron chi connectivity index (χ4n) is 2.20. The van der Waals surface area contributed by atoms with Crippen molar-refractivity contribution < 1.29 is 13.9 Å². The van der Waals surface area contributed by atoms with Crippen LogP contribution in [-0.2, 0) is 4.74 Å². The van der Waals surface area contributed by atoms with E-state index < -0.39 is 11.8 Å². The number of aromatic nitrogens is 3. The predicted molar refractivity (Wildman–Crippen MR) is 74.9 cm³/mol. The Hall–Kier alpha value is -2.76. The van der Waals surface area contributed by atoms with E-state index in [1.54, 1.807) is 31.2 Å². The standard InChI is InChI=1S/C15H12FN3O2/c1-9-7-10(15(20)21-2)11-8-17-19(14(11)18-9)13-6-4-3-5-12(13)16/h3-8H,1-2H3. The lowest BCUT2D eigenvalue weighted by molar-refractivity contribution is 0.0603. The van der Waals surface area contributed by atoms with Crippen molar-refractivity contribution >= 4 is 17.0 Å². The van der Waals surface area contributed by atoms with Gasteiger partial charge in [-0.25, -0.2) is 18.9 Å². The second kappa shape index (κ2) is 4.97. The number of nitrogens with zero attached hydrogens (tertiary/aromatic N) is 3. The molecular weight excluding hydrogens is 273 g/mol. The van der Waals surface area contributed by atoms with Crippen molar-refractivity contribution in [1.29, 1.82) is 0 Å². The molecule has 0 saturated heterocycles. The molecule has 0 saturated carbocycles. The summed E-state index contributed by atoms with van der Waals surface area (Å²) >= 11 is 0. The summed E-state index contributed by atoms with van der Waals surface area (Å²) in [7, 11) is 1.31. The van der Waals surface area contributed by atoms with Gasteiger partial charge >= 0.3 is 5.97 Å². The van der Waals surface area contributed by atoms with E-state index in [2.05, 4.69) is 10.1 Å². The van der Waals surface area contributed by atoms with Crippen LogP contribution in [0.4, 0.5) is 4.39 Å². The Kier molecular flexibility index (Phi) is 3.13. The van der Waals surface area contributed by atoms with E-state index in [0.717, 1.165) is 0 Å². The van der Waals surface area contributed by atoms with E-state index in [4.69, 9.17) is 4.74 Å². The van der Waals surface area contributed by atoms with Crippen molar-refractivity contribution in [3.63, 3.8) is 0 Å². The zero-order valence-electron chi connectivity index (χ0n) is 11.5. The molecule has 2 aromatic heterocycles. The van der Waals surface area contributed by atoms with Crippen molar-refractivity contribution in [2.24, 2.45) is 0 Å². The number of fused-ring (bicyclic) bond motifs is 1. The first-order chi connectivity index (χ1) is 10.1. The van der Waals surface area contributed by atoms with Gasteiger partial charge in [0, 0.05) is 5.69 Å².